The maximum Gasteiger partial charge on any atom is 0.213 e. The lowest BCUT2D eigenvalue weighted by Crippen LogP contribution is -2.42. The Balaban J connectivity index is 1.46. The van der Waals surface area contributed by atoms with Gasteiger partial charge in [0.1, 0.15) is 17.3 Å². The largest absolute Gasteiger partial charge is 0.356 e. The summed E-state index contributed by atoms with van der Waals surface area (Å²) in [6.07, 6.45) is 6.16. The number of anilines is 1. The summed E-state index contributed by atoms with van der Waals surface area (Å²) >= 11 is 1.51. The Morgan fingerprint density at radius 1 is 1.16 bits per heavy atom. The van der Waals surface area contributed by atoms with Crippen LogP contribution in [0.25, 0.3) is 15.3 Å². The molecule has 0 saturated carbocycles. The maximum atomic E-state index is 9.79. The lowest BCUT2D eigenvalue weighted by atomic mass is 10.3. The van der Waals surface area contributed by atoms with Gasteiger partial charge in [-0.1, -0.05) is 23.5 Å². The van der Waals surface area contributed by atoms with Crippen LogP contribution in [0.3, 0.4) is 0 Å². The number of aromatic nitrogens is 3. The first-order valence-electron chi connectivity index (χ1n) is 12.5. The second-order valence-electron chi connectivity index (χ2n) is 8.93. The van der Waals surface area contributed by atoms with Gasteiger partial charge in [-0.3, -0.25) is 20.7 Å². The van der Waals surface area contributed by atoms with E-state index in [9.17, 15) is 5.26 Å². The van der Waals surface area contributed by atoms with Gasteiger partial charge in [-0.25, -0.2) is 9.98 Å². The lowest BCUT2D eigenvalue weighted by molar-refractivity contribution is 0.332. The predicted molar refractivity (Wildman–Crippen MR) is 148 cm³/mol. The van der Waals surface area contributed by atoms with Crippen molar-refractivity contribution in [3.8, 4) is 11.2 Å². The summed E-state index contributed by atoms with van der Waals surface area (Å²) < 4.78 is 2.69. The number of fused-ring (bicyclic) bond motifs is 1. The van der Waals surface area contributed by atoms with Crippen molar-refractivity contribution in [2.24, 2.45) is 9.98 Å². The molecule has 0 unspecified atom stereocenters. The fourth-order valence-electron chi connectivity index (χ4n) is 4.66. The third kappa shape index (κ3) is 5.28. The minimum absolute atomic E-state index is 0.389. The van der Waals surface area contributed by atoms with E-state index in [1.807, 2.05) is 24.3 Å². The Labute approximate surface area is 220 Å². The van der Waals surface area contributed by atoms with E-state index in [1.165, 1.54) is 30.4 Å². The summed E-state index contributed by atoms with van der Waals surface area (Å²) in [7, 11) is 1.75. The quantitative estimate of drug-likeness (QED) is 0.225. The lowest BCUT2D eigenvalue weighted by Gasteiger charge is -2.25. The van der Waals surface area contributed by atoms with Crippen LogP contribution in [0.2, 0.25) is 0 Å². The number of hydrogen-bond acceptors (Lipinski definition) is 10. The van der Waals surface area contributed by atoms with Crippen LogP contribution in [-0.2, 0) is 0 Å². The van der Waals surface area contributed by atoms with Crippen LogP contribution >= 0.6 is 11.3 Å². The molecular formula is C25H31N11S. The van der Waals surface area contributed by atoms with Gasteiger partial charge in [0.25, 0.3) is 0 Å². The molecule has 4 heterocycles. The van der Waals surface area contributed by atoms with Crippen molar-refractivity contribution < 1.29 is 0 Å². The highest BCUT2D eigenvalue weighted by atomic mass is 32.1. The maximum absolute atomic E-state index is 9.79. The highest BCUT2D eigenvalue weighted by molar-refractivity contribution is 7.20. The molecule has 0 radical (unpaired) electrons. The third-order valence-electron chi connectivity index (χ3n) is 6.57. The predicted octanol–water partition coefficient (Wildman–Crippen LogP) is 2.91. The number of hydrogen-bond donors (Lipinski definition) is 3. The molecule has 5 rings (SSSR count). The number of para-hydroxylation sites is 1. The molecule has 0 aliphatic carbocycles. The fourth-order valence-corrected chi connectivity index (χ4v) is 5.59. The van der Waals surface area contributed by atoms with Crippen molar-refractivity contribution in [1.82, 2.24) is 35.3 Å². The van der Waals surface area contributed by atoms with E-state index in [1.54, 1.807) is 11.7 Å². The van der Waals surface area contributed by atoms with Crippen LogP contribution in [-0.4, -0.2) is 77.0 Å². The smallest absolute Gasteiger partial charge is 0.213 e. The van der Waals surface area contributed by atoms with Gasteiger partial charge in [-0.15, -0.1) is 0 Å². The molecule has 3 aromatic rings. The number of likely N-dealkylation sites (tertiary alicyclic amines) is 2. The van der Waals surface area contributed by atoms with Crippen molar-refractivity contribution in [3.05, 3.63) is 47.5 Å². The molecule has 2 saturated heterocycles. The molecule has 2 aliphatic heterocycles. The summed E-state index contributed by atoms with van der Waals surface area (Å²) in [5.41, 5.74) is 8.47. The zero-order valence-corrected chi connectivity index (χ0v) is 21.8. The summed E-state index contributed by atoms with van der Waals surface area (Å²) in [4.78, 5) is 18.2. The van der Waals surface area contributed by atoms with Crippen molar-refractivity contribution in [2.45, 2.75) is 25.7 Å². The Kier molecular flexibility index (Phi) is 7.62. The monoisotopic (exact) mass is 517 g/mol. The molecule has 1 aromatic carbocycles. The van der Waals surface area contributed by atoms with Crippen molar-refractivity contribution in [1.29, 1.82) is 5.26 Å². The first kappa shape index (κ1) is 24.7. The summed E-state index contributed by atoms with van der Waals surface area (Å²) in [6, 6.07) is 10.1. The molecular weight excluding hydrogens is 486 g/mol. The van der Waals surface area contributed by atoms with Gasteiger partial charge in [0.15, 0.2) is 17.5 Å². The SMILES string of the molecule is C=N/C(=C(/NNc1c(C#N)cnn1-c1nc2ccccc2s1)C(=NC)NCN1CCCC1)N1CCCC1. The molecule has 12 heteroatoms. The Morgan fingerprint density at radius 2 is 1.92 bits per heavy atom. The zero-order chi connectivity index (χ0) is 25.6. The molecule has 2 fully saturated rings. The molecule has 11 nitrogen and oxygen atoms in total. The first-order valence-corrected chi connectivity index (χ1v) is 13.3. The topological polar surface area (TPSA) is 122 Å². The number of nitriles is 1. The van der Waals surface area contributed by atoms with Crippen LogP contribution in [0, 0.1) is 11.3 Å². The van der Waals surface area contributed by atoms with Gasteiger partial charge in [0, 0.05) is 20.1 Å². The van der Waals surface area contributed by atoms with Crippen LogP contribution in [0.1, 0.15) is 31.2 Å². The second kappa shape index (κ2) is 11.4. The van der Waals surface area contributed by atoms with Crippen molar-refractivity contribution in [3.63, 3.8) is 0 Å². The van der Waals surface area contributed by atoms with Crippen LogP contribution in [0.5, 0.6) is 0 Å². The van der Waals surface area contributed by atoms with E-state index in [0.29, 0.717) is 40.5 Å². The number of benzene rings is 1. The third-order valence-corrected chi connectivity index (χ3v) is 7.58. The van der Waals surface area contributed by atoms with Gasteiger partial charge in [0.05, 0.1) is 23.1 Å². The number of thiazole rings is 1. The highest BCUT2D eigenvalue weighted by Gasteiger charge is 2.23. The molecule has 0 spiro atoms. The van der Waals surface area contributed by atoms with Crippen LogP contribution < -0.4 is 16.2 Å². The minimum atomic E-state index is 0.389. The number of hydrazine groups is 1. The summed E-state index contributed by atoms with van der Waals surface area (Å²) in [5, 5.41) is 18.4. The van der Waals surface area contributed by atoms with Gasteiger partial charge in [-0.2, -0.15) is 15.0 Å². The fraction of sp³-hybridized carbons (Fsp3) is 0.400. The van der Waals surface area contributed by atoms with E-state index in [2.05, 4.69) is 53.8 Å². The van der Waals surface area contributed by atoms with E-state index < -0.39 is 0 Å². The second-order valence-corrected chi connectivity index (χ2v) is 9.94. The molecule has 2 aromatic heterocycles. The summed E-state index contributed by atoms with van der Waals surface area (Å²) in [5.74, 6) is 1.86. The number of rotatable bonds is 9. The van der Waals surface area contributed by atoms with Gasteiger partial charge < -0.3 is 10.2 Å². The Bertz CT molecular complexity index is 1320. The summed E-state index contributed by atoms with van der Waals surface area (Å²) in [6.45, 7) is 8.49. The van der Waals surface area contributed by atoms with Crippen molar-refractivity contribution in [2.75, 3.05) is 45.3 Å². The van der Waals surface area contributed by atoms with E-state index in [0.717, 1.165) is 49.2 Å². The molecule has 3 N–H and O–H groups in total. The molecule has 0 atom stereocenters. The van der Waals surface area contributed by atoms with Gasteiger partial charge >= 0.3 is 0 Å². The normalized spacial score (nSPS) is 17.1. The highest BCUT2D eigenvalue weighted by Crippen LogP contribution is 2.28. The minimum Gasteiger partial charge on any atom is -0.356 e. The van der Waals surface area contributed by atoms with Gasteiger partial charge in [-0.05, 0) is 57.6 Å². The van der Waals surface area contributed by atoms with Crippen LogP contribution in [0.4, 0.5) is 5.82 Å². The van der Waals surface area contributed by atoms with Crippen LogP contribution in [0.15, 0.2) is 52.0 Å². The molecule has 192 valence electrons. The van der Waals surface area contributed by atoms with Gasteiger partial charge in [0.2, 0.25) is 5.13 Å². The van der Waals surface area contributed by atoms with Crippen molar-refractivity contribution >= 4 is 39.9 Å². The molecule has 0 bridgehead atoms. The molecule has 0 amide bonds. The van der Waals surface area contributed by atoms with E-state index >= 15 is 0 Å². The number of aliphatic imine (C=N–C) groups is 2. The molecule has 2 aliphatic rings. The first-order chi connectivity index (χ1) is 18.2. The Morgan fingerprint density at radius 3 is 2.62 bits per heavy atom. The average molecular weight is 518 g/mol. The van der Waals surface area contributed by atoms with E-state index in [-0.39, 0.29) is 0 Å². The molecule has 37 heavy (non-hydrogen) atoms. The Hall–Kier alpha value is -3.95. The van der Waals surface area contributed by atoms with E-state index in [4.69, 9.17) is 4.98 Å². The number of amidine groups is 1. The number of nitrogens with zero attached hydrogens (tertiary/aromatic N) is 8. The standard InChI is InChI=1S/C25H31N11S/c1-27-22(29-17-34-11-5-6-12-34)21(24(28-2)35-13-7-8-14-35)32-33-23-18(15-26)16-30-36(23)25-31-19-9-3-4-10-20(19)37-25/h3-4,9-10,16,32-33H,2,5-8,11-14,17H2,1H3,(H,27,29)/b24-21-. The number of nitrogens with one attached hydrogen (secondary N) is 3. The average Bonchev–Trinajstić information content (AvgIpc) is 3.74. The zero-order valence-electron chi connectivity index (χ0n) is 20.9.